The highest BCUT2D eigenvalue weighted by atomic mass is 16.3. The largest absolute Gasteiger partial charge is 0.394 e. The summed E-state index contributed by atoms with van der Waals surface area (Å²) in [6, 6.07) is -0.538. The Labute approximate surface area is 433 Å². The van der Waals surface area contributed by atoms with Gasteiger partial charge in [-0.1, -0.05) is 333 Å². The molecule has 0 aromatic rings. The summed E-state index contributed by atoms with van der Waals surface area (Å²) in [5, 5.41) is 23.4. The van der Waals surface area contributed by atoms with Gasteiger partial charge in [0, 0.05) is 6.42 Å². The molecule has 69 heavy (non-hydrogen) atoms. The monoisotopic (exact) mass is 968 g/mol. The fourth-order valence-electron chi connectivity index (χ4n) is 10.1. The highest BCUT2D eigenvalue weighted by Crippen LogP contribution is 2.18. The van der Waals surface area contributed by atoms with Crippen LogP contribution in [0.4, 0.5) is 0 Å². The van der Waals surface area contributed by atoms with Gasteiger partial charge in [0.15, 0.2) is 0 Å². The molecule has 0 fully saturated rings. The maximum Gasteiger partial charge on any atom is 0.220 e. The van der Waals surface area contributed by atoms with Crippen molar-refractivity contribution in [1.82, 2.24) is 5.32 Å². The summed E-state index contributed by atoms with van der Waals surface area (Å²) in [6.07, 6.45) is 83.1. The number of hydrogen-bond donors (Lipinski definition) is 3. The number of aliphatic hydroxyl groups is 2. The molecule has 0 aromatic carbocycles. The summed E-state index contributed by atoms with van der Waals surface area (Å²) in [5.41, 5.74) is 0. The molecule has 3 N–H and O–H groups in total. The van der Waals surface area contributed by atoms with Gasteiger partial charge < -0.3 is 15.5 Å². The molecule has 0 aromatic heterocycles. The van der Waals surface area contributed by atoms with E-state index in [4.69, 9.17) is 0 Å². The molecule has 0 radical (unpaired) electrons. The maximum atomic E-state index is 12.5. The zero-order chi connectivity index (χ0) is 49.9. The molecule has 4 heteroatoms. The minimum Gasteiger partial charge on any atom is -0.394 e. The Hall–Kier alpha value is -1.39. The number of amides is 1. The van der Waals surface area contributed by atoms with Gasteiger partial charge in [0.05, 0.1) is 18.8 Å². The molecule has 4 nitrogen and oxygen atoms in total. The Morgan fingerprint density at radius 1 is 0.348 bits per heavy atom. The van der Waals surface area contributed by atoms with Gasteiger partial charge >= 0.3 is 0 Å². The molecule has 0 saturated heterocycles. The van der Waals surface area contributed by atoms with Gasteiger partial charge in [-0.15, -0.1) is 0 Å². The fourth-order valence-corrected chi connectivity index (χ4v) is 10.1. The third kappa shape index (κ3) is 57.4. The number of allylic oxidation sites excluding steroid dienone is 6. The van der Waals surface area contributed by atoms with Crippen LogP contribution in [0.2, 0.25) is 0 Å². The maximum absolute atomic E-state index is 12.5. The van der Waals surface area contributed by atoms with E-state index < -0.39 is 12.1 Å². The highest BCUT2D eigenvalue weighted by molar-refractivity contribution is 5.76. The van der Waals surface area contributed by atoms with Crippen molar-refractivity contribution in [2.75, 3.05) is 6.61 Å². The molecule has 2 unspecified atom stereocenters. The fraction of sp³-hybridized carbons (Fsp3) is 0.892. The lowest BCUT2D eigenvalue weighted by atomic mass is 10.0. The molecule has 0 aliphatic heterocycles. The average Bonchev–Trinajstić information content (AvgIpc) is 3.35. The molecule has 1 amide bonds. The van der Waals surface area contributed by atoms with Gasteiger partial charge in [-0.3, -0.25) is 4.79 Å². The van der Waals surface area contributed by atoms with Gasteiger partial charge in [0.1, 0.15) is 0 Å². The lowest BCUT2D eigenvalue weighted by molar-refractivity contribution is -0.123. The lowest BCUT2D eigenvalue weighted by Gasteiger charge is -2.22. The van der Waals surface area contributed by atoms with Gasteiger partial charge in [0.25, 0.3) is 0 Å². The van der Waals surface area contributed by atoms with E-state index in [9.17, 15) is 15.0 Å². The molecule has 0 aliphatic carbocycles. The number of aliphatic hydroxyl groups excluding tert-OH is 2. The molecule has 0 spiro atoms. The number of unbranched alkanes of at least 4 members (excludes halogenated alkanes) is 46. The van der Waals surface area contributed by atoms with Gasteiger partial charge in [-0.25, -0.2) is 0 Å². The highest BCUT2D eigenvalue weighted by Gasteiger charge is 2.20. The van der Waals surface area contributed by atoms with Crippen LogP contribution < -0.4 is 5.32 Å². The van der Waals surface area contributed by atoms with Crippen LogP contribution in [0.15, 0.2) is 36.5 Å². The van der Waals surface area contributed by atoms with Crippen molar-refractivity contribution in [2.45, 2.75) is 366 Å². The Morgan fingerprint density at radius 2 is 0.594 bits per heavy atom. The first-order valence-electron chi connectivity index (χ1n) is 31.7. The number of nitrogens with one attached hydrogen (secondary N) is 1. The molecular weight excluding hydrogens is 843 g/mol. The van der Waals surface area contributed by atoms with E-state index in [-0.39, 0.29) is 12.5 Å². The molecular formula is C65H125NO3. The third-order valence-electron chi connectivity index (χ3n) is 14.9. The summed E-state index contributed by atoms with van der Waals surface area (Å²) in [5.74, 6) is -0.0266. The first kappa shape index (κ1) is 67.6. The van der Waals surface area contributed by atoms with Gasteiger partial charge in [-0.05, 0) is 51.4 Å². The van der Waals surface area contributed by atoms with Crippen LogP contribution in [0.3, 0.4) is 0 Å². The van der Waals surface area contributed by atoms with Crippen molar-refractivity contribution in [2.24, 2.45) is 0 Å². The molecule has 0 saturated carbocycles. The van der Waals surface area contributed by atoms with Crippen LogP contribution >= 0.6 is 0 Å². The first-order chi connectivity index (χ1) is 34.2. The predicted octanol–water partition coefficient (Wildman–Crippen LogP) is 21.2. The topological polar surface area (TPSA) is 69.6 Å². The van der Waals surface area contributed by atoms with E-state index in [0.717, 1.165) is 38.5 Å². The van der Waals surface area contributed by atoms with Crippen LogP contribution in [0.5, 0.6) is 0 Å². The zero-order valence-corrected chi connectivity index (χ0v) is 47.1. The van der Waals surface area contributed by atoms with Crippen LogP contribution in [-0.2, 0) is 4.79 Å². The van der Waals surface area contributed by atoms with E-state index in [1.165, 1.54) is 289 Å². The zero-order valence-electron chi connectivity index (χ0n) is 47.1. The molecule has 0 aliphatic rings. The van der Waals surface area contributed by atoms with Gasteiger partial charge in [-0.2, -0.15) is 0 Å². The summed E-state index contributed by atoms with van der Waals surface area (Å²) in [4.78, 5) is 12.5. The Balaban J connectivity index is 3.43. The summed E-state index contributed by atoms with van der Waals surface area (Å²) >= 11 is 0. The van der Waals surface area contributed by atoms with Crippen LogP contribution in [0.1, 0.15) is 354 Å². The number of carbonyl (C=O) groups excluding carboxylic acids is 1. The molecule has 0 bridgehead atoms. The second-order valence-electron chi connectivity index (χ2n) is 21.8. The quantitative estimate of drug-likeness (QED) is 0.0420. The van der Waals surface area contributed by atoms with Gasteiger partial charge in [0.2, 0.25) is 5.91 Å². The van der Waals surface area contributed by atoms with E-state index in [0.29, 0.717) is 12.8 Å². The predicted molar refractivity (Wildman–Crippen MR) is 308 cm³/mol. The number of carbonyl (C=O) groups is 1. The van der Waals surface area contributed by atoms with E-state index in [1.807, 2.05) is 0 Å². The van der Waals surface area contributed by atoms with Crippen LogP contribution in [-0.4, -0.2) is 34.9 Å². The summed E-state index contributed by atoms with van der Waals surface area (Å²) < 4.78 is 0. The van der Waals surface area contributed by atoms with E-state index in [1.54, 1.807) is 0 Å². The second-order valence-corrected chi connectivity index (χ2v) is 21.8. The minimum atomic E-state index is -0.661. The van der Waals surface area contributed by atoms with Crippen molar-refractivity contribution in [3.8, 4) is 0 Å². The third-order valence-corrected chi connectivity index (χ3v) is 14.9. The Bertz CT molecular complexity index is 1050. The Kier molecular flexibility index (Phi) is 59.7. The van der Waals surface area contributed by atoms with Crippen LogP contribution in [0.25, 0.3) is 0 Å². The van der Waals surface area contributed by atoms with Crippen molar-refractivity contribution in [3.05, 3.63) is 36.5 Å². The number of rotatable bonds is 59. The van der Waals surface area contributed by atoms with E-state index >= 15 is 0 Å². The summed E-state index contributed by atoms with van der Waals surface area (Å²) in [7, 11) is 0. The molecule has 408 valence electrons. The average molecular weight is 969 g/mol. The normalized spacial score (nSPS) is 12.9. The van der Waals surface area contributed by atoms with E-state index in [2.05, 4.69) is 55.6 Å². The van der Waals surface area contributed by atoms with Crippen molar-refractivity contribution >= 4 is 5.91 Å². The standard InChI is InChI=1S/C65H125NO3/c1-3-5-7-9-11-13-15-17-19-21-23-25-27-29-31-33-35-37-39-41-43-45-47-49-51-53-55-57-59-61-65(69)66-63(62-67)64(68)60-58-56-54-52-50-48-46-44-42-40-38-36-34-32-30-28-26-24-22-20-18-16-14-12-10-8-6-4-2/h15,17,21,23,27,29,63-64,67-68H,3-14,16,18-20,22,24-26,28,30-62H2,1-2H3,(H,66,69)/b17-15-,23-21-,29-27-. The lowest BCUT2D eigenvalue weighted by Crippen LogP contribution is -2.45. The van der Waals surface area contributed by atoms with Crippen molar-refractivity contribution in [3.63, 3.8) is 0 Å². The SMILES string of the molecule is CCCCCCC/C=C\C/C=C\C/C=C\CCCCCCCCCCCCCCCCC(=O)NC(CO)C(O)CCCCCCCCCCCCCCCCCCCCCCCCCCCCCC. The Morgan fingerprint density at radius 3 is 0.884 bits per heavy atom. The number of hydrogen-bond acceptors (Lipinski definition) is 3. The first-order valence-corrected chi connectivity index (χ1v) is 31.7. The van der Waals surface area contributed by atoms with Crippen molar-refractivity contribution < 1.29 is 15.0 Å². The molecule has 0 rings (SSSR count). The van der Waals surface area contributed by atoms with Crippen LogP contribution in [0, 0.1) is 0 Å². The van der Waals surface area contributed by atoms with Crippen molar-refractivity contribution in [1.29, 1.82) is 0 Å². The summed E-state index contributed by atoms with van der Waals surface area (Å²) in [6.45, 7) is 4.39. The molecule has 2 atom stereocenters. The molecule has 0 heterocycles. The smallest absolute Gasteiger partial charge is 0.220 e. The second kappa shape index (κ2) is 60.9. The minimum absolute atomic E-state index is 0.0266.